The van der Waals surface area contributed by atoms with Gasteiger partial charge in [0.05, 0.1) is 36.2 Å². The highest BCUT2D eigenvalue weighted by atomic mass is 19.4. The van der Waals surface area contributed by atoms with E-state index in [1.807, 2.05) is 37.3 Å². The molecule has 148 valence electrons. The van der Waals surface area contributed by atoms with Crippen LogP contribution in [0.1, 0.15) is 23.7 Å². The van der Waals surface area contributed by atoms with E-state index in [2.05, 4.69) is 4.98 Å². The van der Waals surface area contributed by atoms with Crippen LogP contribution in [0.25, 0.3) is 10.9 Å². The largest absolute Gasteiger partial charge is 0.416 e. The van der Waals surface area contributed by atoms with Crippen molar-refractivity contribution < 1.29 is 22.7 Å². The van der Waals surface area contributed by atoms with Crippen LogP contribution in [0.2, 0.25) is 0 Å². The number of nitrogens with zero attached hydrogens (tertiary/aromatic N) is 2. The predicted molar refractivity (Wildman–Crippen MR) is 102 cm³/mol. The number of benzene rings is 2. The Bertz CT molecular complexity index is 974. The van der Waals surface area contributed by atoms with Crippen molar-refractivity contribution in [3.05, 3.63) is 65.4 Å². The molecule has 2 aromatic carbocycles. The summed E-state index contributed by atoms with van der Waals surface area (Å²) in [7, 11) is 1.47. The van der Waals surface area contributed by atoms with E-state index < -0.39 is 11.7 Å². The van der Waals surface area contributed by atoms with E-state index in [4.69, 9.17) is 9.57 Å². The van der Waals surface area contributed by atoms with E-state index in [9.17, 15) is 13.2 Å². The summed E-state index contributed by atoms with van der Waals surface area (Å²) in [5, 5.41) is 2.33. The Labute approximate surface area is 161 Å². The molecule has 0 unspecified atom stereocenters. The first kappa shape index (κ1) is 20.1. The lowest BCUT2D eigenvalue weighted by Crippen LogP contribution is -2.17. The molecule has 0 saturated carbocycles. The molecular formula is C21H21F3N2O2. The molecule has 4 nitrogen and oxygen atoms in total. The lowest BCUT2D eigenvalue weighted by atomic mass is 10.1. The molecule has 1 heterocycles. The summed E-state index contributed by atoms with van der Waals surface area (Å²) in [6, 6.07) is 13.3. The van der Waals surface area contributed by atoms with Gasteiger partial charge in [0, 0.05) is 17.7 Å². The minimum Gasteiger partial charge on any atom is -0.377 e. The van der Waals surface area contributed by atoms with Crippen molar-refractivity contribution in [2.24, 2.45) is 0 Å². The molecule has 1 aromatic heterocycles. The third kappa shape index (κ3) is 4.10. The SMILES string of the molecule is CCOCc1cc(N(OC)c2cccc3nc(C)ccc23)ccc1C(F)(F)F. The van der Waals surface area contributed by atoms with Gasteiger partial charge >= 0.3 is 6.18 Å². The normalized spacial score (nSPS) is 11.8. The Morgan fingerprint density at radius 3 is 2.54 bits per heavy atom. The number of aromatic nitrogens is 1. The molecule has 0 atom stereocenters. The summed E-state index contributed by atoms with van der Waals surface area (Å²) < 4.78 is 45.3. The zero-order valence-electron chi connectivity index (χ0n) is 15.9. The summed E-state index contributed by atoms with van der Waals surface area (Å²) in [6.45, 7) is 3.83. The van der Waals surface area contributed by atoms with E-state index in [1.54, 1.807) is 6.92 Å². The van der Waals surface area contributed by atoms with Gasteiger partial charge in [-0.05, 0) is 61.9 Å². The fraction of sp³-hybridized carbons (Fsp3) is 0.286. The first-order chi connectivity index (χ1) is 13.3. The maximum absolute atomic E-state index is 13.4. The van der Waals surface area contributed by atoms with Gasteiger partial charge < -0.3 is 4.74 Å². The van der Waals surface area contributed by atoms with Crippen LogP contribution in [-0.4, -0.2) is 18.7 Å². The number of halogens is 3. The molecule has 3 rings (SSSR count). The lowest BCUT2D eigenvalue weighted by molar-refractivity contribution is -0.138. The molecule has 0 aliphatic carbocycles. The van der Waals surface area contributed by atoms with Gasteiger partial charge in [-0.1, -0.05) is 6.07 Å². The third-order valence-corrected chi connectivity index (χ3v) is 4.34. The van der Waals surface area contributed by atoms with E-state index in [0.717, 1.165) is 22.7 Å². The molecule has 0 amide bonds. The number of fused-ring (bicyclic) bond motifs is 1. The topological polar surface area (TPSA) is 34.6 Å². The van der Waals surface area contributed by atoms with Crippen LogP contribution in [-0.2, 0) is 22.4 Å². The standard InChI is InChI=1S/C21H21F3N2O2/c1-4-28-13-15-12-16(9-11-18(15)21(22,23)24)26(27-3)20-7-5-6-19-17(20)10-8-14(2)25-19/h5-12H,4,13H2,1-3H3. The van der Waals surface area contributed by atoms with Gasteiger partial charge in [0.1, 0.15) is 0 Å². The van der Waals surface area contributed by atoms with Crippen LogP contribution in [0.3, 0.4) is 0 Å². The fourth-order valence-corrected chi connectivity index (χ4v) is 3.08. The molecule has 3 aromatic rings. The van der Waals surface area contributed by atoms with Gasteiger partial charge in [0.2, 0.25) is 0 Å². The molecule has 0 aliphatic heterocycles. The Kier molecular flexibility index (Phi) is 5.86. The summed E-state index contributed by atoms with van der Waals surface area (Å²) in [4.78, 5) is 10.0. The first-order valence-corrected chi connectivity index (χ1v) is 8.83. The second-order valence-corrected chi connectivity index (χ2v) is 6.25. The van der Waals surface area contributed by atoms with Crippen molar-refractivity contribution in [1.82, 2.24) is 4.98 Å². The highest BCUT2D eigenvalue weighted by Crippen LogP contribution is 2.37. The van der Waals surface area contributed by atoms with Crippen molar-refractivity contribution in [2.45, 2.75) is 26.6 Å². The number of hydrogen-bond acceptors (Lipinski definition) is 4. The van der Waals surface area contributed by atoms with E-state index in [0.29, 0.717) is 18.0 Å². The average molecular weight is 390 g/mol. The quantitative estimate of drug-likeness (QED) is 0.499. The monoisotopic (exact) mass is 390 g/mol. The number of rotatable bonds is 6. The number of alkyl halides is 3. The molecule has 0 aliphatic rings. The maximum Gasteiger partial charge on any atom is 0.416 e. The predicted octanol–water partition coefficient (Wildman–Crippen LogP) is 5.80. The minimum atomic E-state index is -4.45. The molecule has 28 heavy (non-hydrogen) atoms. The number of pyridine rings is 1. The summed E-state index contributed by atoms with van der Waals surface area (Å²) in [5.74, 6) is 0. The van der Waals surface area contributed by atoms with Gasteiger partial charge in [-0.15, -0.1) is 0 Å². The van der Waals surface area contributed by atoms with Crippen LogP contribution in [0.15, 0.2) is 48.5 Å². The van der Waals surface area contributed by atoms with Crippen molar-refractivity contribution in [2.75, 3.05) is 18.8 Å². The smallest absolute Gasteiger partial charge is 0.377 e. The highest BCUT2D eigenvalue weighted by molar-refractivity contribution is 5.93. The highest BCUT2D eigenvalue weighted by Gasteiger charge is 2.33. The molecule has 0 radical (unpaired) electrons. The first-order valence-electron chi connectivity index (χ1n) is 8.83. The van der Waals surface area contributed by atoms with Gasteiger partial charge in [0.25, 0.3) is 0 Å². The molecule has 0 saturated heterocycles. The van der Waals surface area contributed by atoms with Crippen molar-refractivity contribution in [3.8, 4) is 0 Å². The van der Waals surface area contributed by atoms with Crippen molar-refractivity contribution >= 4 is 22.3 Å². The molecule has 0 N–H and O–H groups in total. The van der Waals surface area contributed by atoms with Gasteiger partial charge in [-0.3, -0.25) is 9.82 Å². The van der Waals surface area contributed by atoms with Crippen LogP contribution in [0.5, 0.6) is 0 Å². The Hall–Kier alpha value is -2.64. The molecule has 7 heteroatoms. The summed E-state index contributed by atoms with van der Waals surface area (Å²) in [5.41, 5.74) is 2.16. The zero-order valence-corrected chi connectivity index (χ0v) is 15.9. The van der Waals surface area contributed by atoms with E-state index in [1.165, 1.54) is 24.3 Å². The van der Waals surface area contributed by atoms with Gasteiger partial charge in [-0.25, -0.2) is 5.06 Å². The Morgan fingerprint density at radius 2 is 1.86 bits per heavy atom. The van der Waals surface area contributed by atoms with Gasteiger partial charge in [-0.2, -0.15) is 13.2 Å². The lowest BCUT2D eigenvalue weighted by Gasteiger charge is -2.25. The van der Waals surface area contributed by atoms with Crippen LogP contribution >= 0.6 is 0 Å². The zero-order chi connectivity index (χ0) is 20.3. The molecule has 0 bridgehead atoms. The summed E-state index contributed by atoms with van der Waals surface area (Å²) in [6.07, 6.45) is -4.45. The second kappa shape index (κ2) is 8.16. The van der Waals surface area contributed by atoms with Crippen molar-refractivity contribution in [1.29, 1.82) is 0 Å². The van der Waals surface area contributed by atoms with Crippen LogP contribution in [0, 0.1) is 6.92 Å². The second-order valence-electron chi connectivity index (χ2n) is 6.25. The van der Waals surface area contributed by atoms with Crippen molar-refractivity contribution in [3.63, 3.8) is 0 Å². The number of hydrogen-bond donors (Lipinski definition) is 0. The van der Waals surface area contributed by atoms with Gasteiger partial charge in [0.15, 0.2) is 0 Å². The minimum absolute atomic E-state index is 0.0584. The molecule has 0 fully saturated rings. The Morgan fingerprint density at radius 1 is 1.07 bits per heavy atom. The molecule has 0 spiro atoms. The Balaban J connectivity index is 2.10. The number of ether oxygens (including phenoxy) is 1. The fourth-order valence-electron chi connectivity index (χ4n) is 3.08. The van der Waals surface area contributed by atoms with E-state index >= 15 is 0 Å². The van der Waals surface area contributed by atoms with Crippen LogP contribution < -0.4 is 5.06 Å². The third-order valence-electron chi connectivity index (χ3n) is 4.34. The number of anilines is 2. The molecular weight excluding hydrogens is 369 g/mol. The van der Waals surface area contributed by atoms with Crippen LogP contribution in [0.4, 0.5) is 24.5 Å². The van der Waals surface area contributed by atoms with E-state index in [-0.39, 0.29) is 12.2 Å². The number of aryl methyl sites for hydroxylation is 1. The average Bonchev–Trinajstić information content (AvgIpc) is 2.66. The summed E-state index contributed by atoms with van der Waals surface area (Å²) >= 11 is 0. The maximum atomic E-state index is 13.4.